The second kappa shape index (κ2) is 2.29. The molecule has 2 nitrogen and oxygen atoms in total. The Morgan fingerprint density at radius 1 is 1.00 bits per heavy atom. The molecule has 0 amide bonds. The van der Waals surface area contributed by atoms with Gasteiger partial charge in [-0.25, -0.2) is 0 Å². The lowest BCUT2D eigenvalue weighted by Gasteiger charge is -2.41. The van der Waals surface area contributed by atoms with Gasteiger partial charge in [-0.3, -0.25) is 0 Å². The maximum Gasteiger partial charge on any atom is 0.145 e. The second-order valence-corrected chi connectivity index (χ2v) is 4.79. The lowest BCUT2D eigenvalue weighted by Crippen LogP contribution is -2.50. The fourth-order valence-electron chi connectivity index (χ4n) is 1.98. The molecular weight excluding hydrogens is 136 g/mol. The van der Waals surface area contributed by atoms with E-state index >= 15 is 0 Å². The van der Waals surface area contributed by atoms with Gasteiger partial charge in [-0.1, -0.05) is 0 Å². The van der Waals surface area contributed by atoms with E-state index in [9.17, 15) is 5.53 Å². The second-order valence-electron chi connectivity index (χ2n) is 4.79. The van der Waals surface area contributed by atoms with Gasteiger partial charge < -0.3 is 10.2 Å². The zero-order valence-corrected chi connectivity index (χ0v) is 8.02. The number of rotatable bonds is 0. The highest BCUT2D eigenvalue weighted by Gasteiger charge is 2.41. The normalized spacial score (nSPS) is 28.5. The molecule has 0 aromatic rings. The van der Waals surface area contributed by atoms with Crippen molar-refractivity contribution in [3.63, 3.8) is 0 Å². The topological polar surface area (TPSA) is 25.3 Å². The molecule has 0 aromatic carbocycles. The summed E-state index contributed by atoms with van der Waals surface area (Å²) in [7, 11) is 0. The molecule has 0 radical (unpaired) electrons. The average Bonchev–Trinajstić information content (AvgIpc) is 1.82. The third-order valence-electron chi connectivity index (χ3n) is 2.72. The summed E-state index contributed by atoms with van der Waals surface area (Å²) in [6.07, 6.45) is 3.40. The summed E-state index contributed by atoms with van der Waals surface area (Å²) >= 11 is 0. The van der Waals surface area contributed by atoms with Gasteiger partial charge >= 0.3 is 0 Å². The molecule has 1 aliphatic heterocycles. The SMILES string of the molecule is CC1(C)CCCC(C)(C)[N+]1=[N-]. The van der Waals surface area contributed by atoms with Gasteiger partial charge in [0.05, 0.1) is 0 Å². The Bertz CT molecular complexity index is 162. The van der Waals surface area contributed by atoms with Gasteiger partial charge in [0.25, 0.3) is 0 Å². The Kier molecular flexibility index (Phi) is 1.81. The van der Waals surface area contributed by atoms with Crippen LogP contribution in [0.4, 0.5) is 0 Å². The first-order valence-electron chi connectivity index (χ1n) is 4.35. The van der Waals surface area contributed by atoms with Crippen LogP contribution in [0.25, 0.3) is 5.53 Å². The van der Waals surface area contributed by atoms with Crippen LogP contribution in [-0.4, -0.2) is 15.8 Å². The van der Waals surface area contributed by atoms with Gasteiger partial charge in [0.1, 0.15) is 11.1 Å². The molecule has 0 saturated carbocycles. The van der Waals surface area contributed by atoms with Gasteiger partial charge in [0, 0.05) is 12.8 Å². The molecule has 0 bridgehead atoms. The highest BCUT2D eigenvalue weighted by Crippen LogP contribution is 2.33. The van der Waals surface area contributed by atoms with Crippen LogP contribution < -0.4 is 0 Å². The van der Waals surface area contributed by atoms with E-state index in [1.807, 2.05) is 0 Å². The fourth-order valence-corrected chi connectivity index (χ4v) is 1.98. The average molecular weight is 154 g/mol. The summed E-state index contributed by atoms with van der Waals surface area (Å²) in [6, 6.07) is 0. The molecule has 1 saturated heterocycles. The minimum atomic E-state index is -0.0399. The Hall–Kier alpha value is -0.400. The first kappa shape index (κ1) is 8.69. The summed E-state index contributed by atoms with van der Waals surface area (Å²) in [5, 5.41) is 0. The van der Waals surface area contributed by atoms with Crippen molar-refractivity contribution in [3.05, 3.63) is 5.53 Å². The molecule has 1 heterocycles. The Labute approximate surface area is 69.1 Å². The first-order valence-corrected chi connectivity index (χ1v) is 4.35. The van der Waals surface area contributed by atoms with E-state index in [1.54, 1.807) is 0 Å². The third kappa shape index (κ3) is 1.44. The molecule has 0 atom stereocenters. The monoisotopic (exact) mass is 154 g/mol. The smallest absolute Gasteiger partial charge is 0.145 e. The van der Waals surface area contributed by atoms with Crippen molar-refractivity contribution < 1.29 is 4.70 Å². The number of piperidine rings is 1. The first-order chi connectivity index (χ1) is 4.86. The maximum absolute atomic E-state index is 9.80. The molecule has 0 unspecified atom stereocenters. The predicted octanol–water partition coefficient (Wildman–Crippen LogP) is 2.76. The predicted molar refractivity (Wildman–Crippen MR) is 45.6 cm³/mol. The van der Waals surface area contributed by atoms with Crippen molar-refractivity contribution in [1.29, 1.82) is 0 Å². The van der Waals surface area contributed by atoms with Gasteiger partial charge in [-0.2, -0.15) is 0 Å². The van der Waals surface area contributed by atoms with Crippen molar-refractivity contribution in [2.45, 2.75) is 58.0 Å². The number of hydrogen-bond donors (Lipinski definition) is 0. The molecule has 2 heteroatoms. The van der Waals surface area contributed by atoms with Crippen LogP contribution in [0.1, 0.15) is 47.0 Å². The Morgan fingerprint density at radius 2 is 1.36 bits per heavy atom. The molecule has 0 N–H and O–H groups in total. The molecular formula is C9H18N2. The van der Waals surface area contributed by atoms with Crippen LogP contribution in [0.2, 0.25) is 0 Å². The van der Waals surface area contributed by atoms with Crippen LogP contribution in [-0.2, 0) is 0 Å². The van der Waals surface area contributed by atoms with Gasteiger partial charge in [0.15, 0.2) is 0 Å². The molecule has 0 aromatic heterocycles. The van der Waals surface area contributed by atoms with Gasteiger partial charge in [0.2, 0.25) is 0 Å². The number of nitrogens with zero attached hydrogens (tertiary/aromatic N) is 2. The molecule has 0 spiro atoms. The maximum atomic E-state index is 9.80. The van der Waals surface area contributed by atoms with Crippen molar-refractivity contribution in [1.82, 2.24) is 0 Å². The van der Waals surface area contributed by atoms with E-state index in [1.165, 1.54) is 11.1 Å². The standard InChI is InChI=1S/C9H18N2/c1-8(2)6-5-7-9(3,4)11(8)10/h5-7H2,1-4H3. The van der Waals surface area contributed by atoms with E-state index in [2.05, 4.69) is 27.7 Å². The molecule has 0 aliphatic carbocycles. The van der Waals surface area contributed by atoms with Crippen molar-refractivity contribution in [3.8, 4) is 0 Å². The summed E-state index contributed by atoms with van der Waals surface area (Å²) in [5.41, 5.74) is 9.72. The quantitative estimate of drug-likeness (QED) is 0.479. The molecule has 1 fully saturated rings. The van der Waals surface area contributed by atoms with Crippen LogP contribution in [0, 0.1) is 0 Å². The summed E-state index contributed by atoms with van der Waals surface area (Å²) in [5.74, 6) is 0. The minimum absolute atomic E-state index is 0.0399. The Morgan fingerprint density at radius 3 is 1.64 bits per heavy atom. The Balaban J connectivity index is 2.85. The molecule has 11 heavy (non-hydrogen) atoms. The lowest BCUT2D eigenvalue weighted by molar-refractivity contribution is -0.692. The highest BCUT2D eigenvalue weighted by atomic mass is 15.3. The third-order valence-corrected chi connectivity index (χ3v) is 2.72. The van der Waals surface area contributed by atoms with E-state index in [0.717, 1.165) is 12.8 Å². The summed E-state index contributed by atoms with van der Waals surface area (Å²) in [6.45, 7) is 8.36. The van der Waals surface area contributed by atoms with Crippen molar-refractivity contribution in [2.24, 2.45) is 0 Å². The zero-order valence-electron chi connectivity index (χ0n) is 8.02. The lowest BCUT2D eigenvalue weighted by atomic mass is 9.82. The summed E-state index contributed by atoms with van der Waals surface area (Å²) < 4.78 is 1.52. The largest absolute Gasteiger partial charge is 0.506 e. The van der Waals surface area contributed by atoms with E-state index in [0.29, 0.717) is 0 Å². The van der Waals surface area contributed by atoms with Crippen molar-refractivity contribution in [2.75, 3.05) is 0 Å². The zero-order chi connectivity index (χ0) is 8.70. The van der Waals surface area contributed by atoms with Crippen LogP contribution in [0.5, 0.6) is 0 Å². The van der Waals surface area contributed by atoms with E-state index in [-0.39, 0.29) is 11.1 Å². The molecule has 1 rings (SSSR count). The fraction of sp³-hybridized carbons (Fsp3) is 1.00. The molecule has 1 aliphatic rings. The van der Waals surface area contributed by atoms with E-state index < -0.39 is 0 Å². The highest BCUT2D eigenvalue weighted by molar-refractivity contribution is 4.80. The van der Waals surface area contributed by atoms with Gasteiger partial charge in [-0.05, 0) is 34.1 Å². The summed E-state index contributed by atoms with van der Waals surface area (Å²) in [4.78, 5) is 0. The van der Waals surface area contributed by atoms with Crippen LogP contribution in [0.15, 0.2) is 0 Å². The minimum Gasteiger partial charge on any atom is -0.506 e. The van der Waals surface area contributed by atoms with E-state index in [4.69, 9.17) is 0 Å². The molecule has 64 valence electrons. The van der Waals surface area contributed by atoms with Crippen LogP contribution >= 0.6 is 0 Å². The number of hydrogen-bond acceptors (Lipinski definition) is 0. The van der Waals surface area contributed by atoms with Gasteiger partial charge in [-0.15, -0.1) is 0 Å². The van der Waals surface area contributed by atoms with Crippen molar-refractivity contribution >= 4 is 0 Å². The van der Waals surface area contributed by atoms with Crippen LogP contribution in [0.3, 0.4) is 0 Å².